The molecule has 0 aliphatic carbocycles. The Labute approximate surface area is 178 Å². The lowest BCUT2D eigenvalue weighted by Gasteiger charge is -2.37. The normalized spacial score (nSPS) is 14.4. The Kier molecular flexibility index (Phi) is 7.43. The fourth-order valence-electron chi connectivity index (χ4n) is 3.55. The van der Waals surface area contributed by atoms with E-state index in [1.165, 1.54) is 0 Å². The average molecular weight is 411 g/mol. The van der Waals surface area contributed by atoms with Crippen LogP contribution in [0.1, 0.15) is 22.8 Å². The summed E-state index contributed by atoms with van der Waals surface area (Å²) in [5.41, 5.74) is 7.78. The molecule has 30 heavy (non-hydrogen) atoms. The van der Waals surface area contributed by atoms with Crippen LogP contribution in [0.15, 0.2) is 48.5 Å². The van der Waals surface area contributed by atoms with Crippen LogP contribution < -0.4 is 15.4 Å². The van der Waals surface area contributed by atoms with Gasteiger partial charge in [-0.05, 0) is 36.4 Å². The third kappa shape index (κ3) is 5.17. The minimum Gasteiger partial charge on any atom is -0.497 e. The highest BCUT2D eigenvalue weighted by Crippen LogP contribution is 2.23. The molecule has 160 valence electrons. The number of benzene rings is 2. The second-order valence-corrected chi connectivity index (χ2v) is 7.31. The highest BCUT2D eigenvalue weighted by molar-refractivity contribution is 5.97. The van der Waals surface area contributed by atoms with E-state index in [1.54, 1.807) is 24.1 Å². The molecule has 7 nitrogen and oxygen atoms in total. The summed E-state index contributed by atoms with van der Waals surface area (Å²) in [4.78, 5) is 31.2. The van der Waals surface area contributed by atoms with E-state index >= 15 is 0 Å². The van der Waals surface area contributed by atoms with Crippen LogP contribution in [0.3, 0.4) is 0 Å². The summed E-state index contributed by atoms with van der Waals surface area (Å²) in [5, 5.41) is 0. The monoisotopic (exact) mass is 410 g/mol. The first kappa shape index (κ1) is 21.8. The molecule has 2 N–H and O–H groups in total. The summed E-state index contributed by atoms with van der Waals surface area (Å²) in [6.45, 7) is 6.73. The highest BCUT2D eigenvalue weighted by Gasteiger charge is 2.26. The SMILES string of the molecule is CCN1CCN(C(=O)N(Cc2ccc(C(=O)CN)cc2)c2ccc(OC)cc2)CC1. The van der Waals surface area contributed by atoms with Crippen LogP contribution in [0.5, 0.6) is 5.75 Å². The standard InChI is InChI=1S/C23H30N4O3/c1-3-25-12-14-26(15-13-25)23(29)27(20-8-10-21(30-2)11-9-20)17-18-4-6-19(7-5-18)22(28)16-24/h4-11H,3,12-17,24H2,1-2H3. The van der Waals surface area contributed by atoms with E-state index in [2.05, 4.69) is 11.8 Å². The van der Waals surface area contributed by atoms with Gasteiger partial charge in [-0.3, -0.25) is 9.69 Å². The topological polar surface area (TPSA) is 79.1 Å². The van der Waals surface area contributed by atoms with Crippen LogP contribution in [0.25, 0.3) is 0 Å². The van der Waals surface area contributed by atoms with Gasteiger partial charge in [0.05, 0.1) is 20.2 Å². The minimum atomic E-state index is -0.0987. The maximum absolute atomic E-state index is 13.4. The Bertz CT molecular complexity index is 844. The van der Waals surface area contributed by atoms with Crippen molar-refractivity contribution in [3.8, 4) is 5.75 Å². The van der Waals surface area contributed by atoms with Crippen LogP contribution in [0, 0.1) is 0 Å². The second-order valence-electron chi connectivity index (χ2n) is 7.31. The lowest BCUT2D eigenvalue weighted by atomic mass is 10.1. The highest BCUT2D eigenvalue weighted by atomic mass is 16.5. The predicted molar refractivity (Wildman–Crippen MR) is 118 cm³/mol. The lowest BCUT2D eigenvalue weighted by Crippen LogP contribution is -2.52. The Hall–Kier alpha value is -2.90. The molecule has 2 aromatic rings. The fraction of sp³-hybridized carbons (Fsp3) is 0.391. The summed E-state index contributed by atoms with van der Waals surface area (Å²) in [7, 11) is 1.62. The van der Waals surface area contributed by atoms with Gasteiger partial charge in [-0.2, -0.15) is 0 Å². The van der Waals surface area contributed by atoms with Gasteiger partial charge in [-0.1, -0.05) is 31.2 Å². The Balaban J connectivity index is 1.81. The zero-order valence-electron chi connectivity index (χ0n) is 17.7. The van der Waals surface area contributed by atoms with Crippen molar-refractivity contribution in [1.29, 1.82) is 0 Å². The van der Waals surface area contributed by atoms with Gasteiger partial charge in [0.25, 0.3) is 0 Å². The molecule has 2 aromatic carbocycles. The molecule has 3 rings (SSSR count). The third-order valence-electron chi connectivity index (χ3n) is 5.51. The zero-order valence-corrected chi connectivity index (χ0v) is 17.7. The molecule has 1 saturated heterocycles. The fourth-order valence-corrected chi connectivity index (χ4v) is 3.55. The first-order valence-corrected chi connectivity index (χ1v) is 10.3. The number of piperazine rings is 1. The number of carbonyl (C=O) groups is 2. The number of nitrogens with two attached hydrogens (primary N) is 1. The van der Waals surface area contributed by atoms with E-state index in [0.29, 0.717) is 25.2 Å². The molecule has 0 bridgehead atoms. The van der Waals surface area contributed by atoms with Gasteiger partial charge < -0.3 is 20.3 Å². The van der Waals surface area contributed by atoms with Gasteiger partial charge in [0.15, 0.2) is 5.78 Å². The van der Waals surface area contributed by atoms with Gasteiger partial charge in [0, 0.05) is 37.4 Å². The van der Waals surface area contributed by atoms with E-state index in [0.717, 1.165) is 36.6 Å². The number of nitrogens with zero attached hydrogens (tertiary/aromatic N) is 3. The molecule has 0 atom stereocenters. The molecule has 1 fully saturated rings. The first-order valence-electron chi connectivity index (χ1n) is 10.3. The molecule has 0 aromatic heterocycles. The molecule has 1 aliphatic rings. The number of urea groups is 1. The van der Waals surface area contributed by atoms with E-state index in [9.17, 15) is 9.59 Å². The van der Waals surface area contributed by atoms with Crippen molar-refractivity contribution in [2.24, 2.45) is 5.73 Å². The number of methoxy groups -OCH3 is 1. The van der Waals surface area contributed by atoms with Crippen molar-refractivity contribution >= 4 is 17.5 Å². The minimum absolute atomic E-state index is 0.0143. The molecule has 0 radical (unpaired) electrons. The van der Waals surface area contributed by atoms with Crippen LogP contribution >= 0.6 is 0 Å². The number of Topliss-reactive ketones (excluding diaryl/α,β-unsaturated/α-hetero) is 1. The van der Waals surface area contributed by atoms with Crippen molar-refractivity contribution in [3.05, 3.63) is 59.7 Å². The number of rotatable bonds is 7. The van der Waals surface area contributed by atoms with E-state index in [-0.39, 0.29) is 18.4 Å². The Morgan fingerprint density at radius 3 is 2.17 bits per heavy atom. The van der Waals surface area contributed by atoms with Gasteiger partial charge in [-0.15, -0.1) is 0 Å². The van der Waals surface area contributed by atoms with Crippen LogP contribution in [0.4, 0.5) is 10.5 Å². The molecule has 0 unspecified atom stereocenters. The number of likely N-dealkylation sites (N-methyl/N-ethyl adjacent to an activating group) is 1. The zero-order chi connectivity index (χ0) is 21.5. The van der Waals surface area contributed by atoms with Crippen molar-refractivity contribution in [1.82, 2.24) is 9.80 Å². The number of amides is 2. The van der Waals surface area contributed by atoms with Crippen LogP contribution in [-0.4, -0.2) is 68.0 Å². The van der Waals surface area contributed by atoms with Crippen molar-refractivity contribution in [2.45, 2.75) is 13.5 Å². The maximum atomic E-state index is 13.4. The number of anilines is 1. The number of hydrogen-bond acceptors (Lipinski definition) is 5. The Morgan fingerprint density at radius 2 is 1.63 bits per heavy atom. The Morgan fingerprint density at radius 1 is 1.00 bits per heavy atom. The number of ketones is 1. The first-order chi connectivity index (χ1) is 14.5. The van der Waals surface area contributed by atoms with Crippen LogP contribution in [0.2, 0.25) is 0 Å². The average Bonchev–Trinajstić information content (AvgIpc) is 2.82. The molecule has 1 aliphatic heterocycles. The van der Waals surface area contributed by atoms with E-state index in [1.807, 2.05) is 41.3 Å². The summed E-state index contributed by atoms with van der Waals surface area (Å²) in [5.74, 6) is 0.644. The number of hydrogen-bond donors (Lipinski definition) is 1. The van der Waals surface area contributed by atoms with Crippen molar-refractivity contribution in [3.63, 3.8) is 0 Å². The van der Waals surface area contributed by atoms with Gasteiger partial charge in [-0.25, -0.2) is 4.79 Å². The van der Waals surface area contributed by atoms with Gasteiger partial charge >= 0.3 is 6.03 Å². The molecule has 2 amide bonds. The summed E-state index contributed by atoms with van der Waals surface area (Å²) in [6.07, 6.45) is 0. The smallest absolute Gasteiger partial charge is 0.324 e. The summed E-state index contributed by atoms with van der Waals surface area (Å²) < 4.78 is 5.25. The van der Waals surface area contributed by atoms with Crippen molar-refractivity contribution < 1.29 is 14.3 Å². The van der Waals surface area contributed by atoms with Gasteiger partial charge in [0.1, 0.15) is 5.75 Å². The third-order valence-corrected chi connectivity index (χ3v) is 5.51. The van der Waals surface area contributed by atoms with Crippen LogP contribution in [-0.2, 0) is 6.54 Å². The van der Waals surface area contributed by atoms with Gasteiger partial charge in [0.2, 0.25) is 0 Å². The maximum Gasteiger partial charge on any atom is 0.324 e. The van der Waals surface area contributed by atoms with Crippen molar-refractivity contribution in [2.75, 3.05) is 51.3 Å². The molecule has 0 saturated carbocycles. The molecule has 1 heterocycles. The van der Waals surface area contributed by atoms with E-state index in [4.69, 9.17) is 10.5 Å². The predicted octanol–water partition coefficient (Wildman–Crippen LogP) is 2.60. The van der Waals surface area contributed by atoms with E-state index < -0.39 is 0 Å². The molecular weight excluding hydrogens is 380 g/mol. The largest absolute Gasteiger partial charge is 0.497 e. The second kappa shape index (κ2) is 10.2. The number of ether oxygens (including phenoxy) is 1. The molecule has 7 heteroatoms. The molecular formula is C23H30N4O3. The summed E-state index contributed by atoms with van der Waals surface area (Å²) >= 11 is 0. The quantitative estimate of drug-likeness (QED) is 0.710. The lowest BCUT2D eigenvalue weighted by molar-refractivity contribution is 0.100. The summed E-state index contributed by atoms with van der Waals surface area (Å²) in [6, 6.07) is 14.8. The number of carbonyl (C=O) groups excluding carboxylic acids is 2. The molecule has 0 spiro atoms.